The van der Waals surface area contributed by atoms with E-state index < -0.39 is 29.7 Å². The van der Waals surface area contributed by atoms with Crippen molar-refractivity contribution in [3.05, 3.63) is 36.0 Å². The summed E-state index contributed by atoms with van der Waals surface area (Å²) in [5, 5.41) is 5.24. The fourth-order valence-corrected chi connectivity index (χ4v) is 3.18. The van der Waals surface area contributed by atoms with Crippen molar-refractivity contribution in [2.45, 2.75) is 25.3 Å². The van der Waals surface area contributed by atoms with Gasteiger partial charge in [-0.15, -0.1) is 6.42 Å². The number of nitrogens with one attached hydrogen (secondary N) is 2. The van der Waals surface area contributed by atoms with Crippen LogP contribution in [0.25, 0.3) is 0 Å². The Kier molecular flexibility index (Phi) is 8.07. The third kappa shape index (κ3) is 5.50. The molecule has 0 spiro atoms. The Morgan fingerprint density at radius 1 is 1.31 bits per heavy atom. The quantitative estimate of drug-likeness (QED) is 0.316. The maximum absolute atomic E-state index is 12.7. The lowest BCUT2D eigenvalue weighted by Gasteiger charge is -2.27. The molecule has 8 nitrogen and oxygen atoms in total. The summed E-state index contributed by atoms with van der Waals surface area (Å²) in [6.07, 6.45) is 11.4. The zero-order valence-corrected chi connectivity index (χ0v) is 16.6. The first-order valence-electron chi connectivity index (χ1n) is 9.48. The van der Waals surface area contributed by atoms with Crippen LogP contribution in [0, 0.1) is 12.3 Å². The molecule has 2 rings (SSSR count). The fraction of sp³-hybridized carbons (Fsp3) is 0.429. The fourth-order valence-electron chi connectivity index (χ4n) is 3.18. The summed E-state index contributed by atoms with van der Waals surface area (Å²) in [6, 6.07) is -0.983. The lowest BCUT2D eigenvalue weighted by molar-refractivity contribution is -0.149. The number of hydrogen-bond donors (Lipinski definition) is 2. The molecule has 0 aromatic carbocycles. The van der Waals surface area contributed by atoms with Crippen molar-refractivity contribution >= 4 is 23.6 Å². The van der Waals surface area contributed by atoms with Gasteiger partial charge in [0.05, 0.1) is 12.1 Å². The molecule has 2 aliphatic heterocycles. The molecule has 0 saturated carbocycles. The summed E-state index contributed by atoms with van der Waals surface area (Å²) in [6.45, 7) is 6.68. The van der Waals surface area contributed by atoms with Crippen molar-refractivity contribution in [1.82, 2.24) is 20.4 Å². The monoisotopic (exact) mass is 398 g/mol. The number of piperidine rings is 1. The van der Waals surface area contributed by atoms with Crippen LogP contribution in [0.2, 0.25) is 0 Å². The van der Waals surface area contributed by atoms with Gasteiger partial charge in [-0.25, -0.2) is 0 Å². The van der Waals surface area contributed by atoms with Crippen LogP contribution in [0.1, 0.15) is 19.3 Å². The highest BCUT2D eigenvalue weighted by Crippen LogP contribution is 2.28. The largest absolute Gasteiger partial charge is 0.318 e. The highest BCUT2D eigenvalue weighted by Gasteiger charge is 2.45. The van der Waals surface area contributed by atoms with E-state index in [9.17, 15) is 19.2 Å². The number of likely N-dealkylation sites (tertiary alicyclic amines) is 1. The van der Waals surface area contributed by atoms with Crippen LogP contribution in [0.4, 0.5) is 0 Å². The summed E-state index contributed by atoms with van der Waals surface area (Å²) in [5.74, 6) is 0.420. The van der Waals surface area contributed by atoms with E-state index in [1.165, 1.54) is 6.08 Å². The number of allylic oxidation sites excluding steroid dienone is 2. The Bertz CT molecular complexity index is 806. The van der Waals surface area contributed by atoms with Gasteiger partial charge in [-0.1, -0.05) is 24.7 Å². The molecule has 1 atom stereocenters. The second-order valence-electron chi connectivity index (χ2n) is 6.81. The summed E-state index contributed by atoms with van der Waals surface area (Å²) in [5.41, 5.74) is 0.207. The Balaban J connectivity index is 1.99. The SMILES string of the molecule is C#CCN(CC/C=C\C=C1/C(=C)C(=O)N(C2CCC(=O)NC2=O)C1=O)CCNC. The molecule has 2 N–H and O–H groups in total. The van der Waals surface area contributed by atoms with E-state index in [1.807, 2.05) is 13.1 Å². The van der Waals surface area contributed by atoms with Gasteiger partial charge >= 0.3 is 0 Å². The molecule has 0 aromatic heterocycles. The third-order valence-electron chi connectivity index (χ3n) is 4.78. The zero-order chi connectivity index (χ0) is 21.4. The van der Waals surface area contributed by atoms with Gasteiger partial charge in [-0.05, 0) is 26.0 Å². The Labute approximate surface area is 170 Å². The van der Waals surface area contributed by atoms with E-state index in [0.717, 1.165) is 31.0 Å². The average molecular weight is 398 g/mol. The standard InChI is InChI=1S/C21H26N4O4/c1-4-12-24(14-11-22-3)13-7-5-6-8-16-15(2)20(28)25(21(16)29)17-9-10-18(26)23-19(17)27/h1,5-6,8,17,22H,2,7,9-14H2,3H3,(H,23,26,27)/b6-5-,16-8+. The van der Waals surface area contributed by atoms with Crippen molar-refractivity contribution in [2.24, 2.45) is 0 Å². The topological polar surface area (TPSA) is 98.8 Å². The smallest absolute Gasteiger partial charge is 0.262 e. The van der Waals surface area contributed by atoms with E-state index in [1.54, 1.807) is 6.08 Å². The van der Waals surface area contributed by atoms with Gasteiger partial charge in [0.25, 0.3) is 11.8 Å². The lowest BCUT2D eigenvalue weighted by atomic mass is 10.0. The molecule has 0 radical (unpaired) electrons. The van der Waals surface area contributed by atoms with Crippen LogP contribution in [0.5, 0.6) is 0 Å². The van der Waals surface area contributed by atoms with Gasteiger partial charge in [0.2, 0.25) is 11.8 Å². The van der Waals surface area contributed by atoms with Crippen LogP contribution in [0.3, 0.4) is 0 Å². The van der Waals surface area contributed by atoms with Crippen LogP contribution < -0.4 is 10.6 Å². The predicted octanol–water partition coefficient (Wildman–Crippen LogP) is -0.256. The second kappa shape index (κ2) is 10.5. The van der Waals surface area contributed by atoms with Crippen LogP contribution in [-0.2, 0) is 19.2 Å². The highest BCUT2D eigenvalue weighted by molar-refractivity contribution is 6.26. The molecule has 1 unspecified atom stereocenters. The van der Waals surface area contributed by atoms with Gasteiger partial charge in [0, 0.05) is 31.6 Å². The number of likely N-dealkylation sites (N-methyl/N-ethyl adjacent to an activating group) is 1. The van der Waals surface area contributed by atoms with Gasteiger partial charge in [-0.3, -0.25) is 34.3 Å². The minimum atomic E-state index is -0.983. The van der Waals surface area contributed by atoms with Crippen LogP contribution in [-0.4, -0.2) is 72.7 Å². The zero-order valence-electron chi connectivity index (χ0n) is 16.6. The van der Waals surface area contributed by atoms with E-state index in [0.29, 0.717) is 6.54 Å². The molecule has 2 heterocycles. The van der Waals surface area contributed by atoms with Gasteiger partial charge in [0.1, 0.15) is 6.04 Å². The lowest BCUT2D eigenvalue weighted by Crippen LogP contribution is -2.54. The molecule has 0 aromatic rings. The maximum atomic E-state index is 12.7. The first kappa shape index (κ1) is 22.3. The molecule has 2 aliphatic rings. The third-order valence-corrected chi connectivity index (χ3v) is 4.78. The highest BCUT2D eigenvalue weighted by atomic mass is 16.2. The van der Waals surface area contributed by atoms with E-state index in [-0.39, 0.29) is 24.0 Å². The molecular formula is C21H26N4O4. The number of nitrogens with zero attached hydrogens (tertiary/aromatic N) is 2. The van der Waals surface area contributed by atoms with Crippen molar-refractivity contribution in [1.29, 1.82) is 0 Å². The normalized spacial score (nSPS) is 21.6. The minimum Gasteiger partial charge on any atom is -0.318 e. The van der Waals surface area contributed by atoms with E-state index in [4.69, 9.17) is 6.42 Å². The molecule has 2 saturated heterocycles. The molecule has 154 valence electrons. The number of carbonyl (C=O) groups excluding carboxylic acids is 4. The molecule has 2 fully saturated rings. The first-order chi connectivity index (χ1) is 13.9. The minimum absolute atomic E-state index is 0.0485. The Morgan fingerprint density at radius 3 is 2.72 bits per heavy atom. The number of carbonyl (C=O) groups is 4. The van der Waals surface area contributed by atoms with Gasteiger partial charge in [-0.2, -0.15) is 0 Å². The number of terminal acetylenes is 1. The number of rotatable bonds is 9. The van der Waals surface area contributed by atoms with Crippen molar-refractivity contribution < 1.29 is 19.2 Å². The van der Waals surface area contributed by atoms with Crippen molar-refractivity contribution in [3.63, 3.8) is 0 Å². The summed E-state index contributed by atoms with van der Waals surface area (Å²) in [7, 11) is 1.88. The Morgan fingerprint density at radius 2 is 2.07 bits per heavy atom. The Hall–Kier alpha value is -3.02. The summed E-state index contributed by atoms with van der Waals surface area (Å²) in [4.78, 5) is 51.5. The number of imide groups is 2. The van der Waals surface area contributed by atoms with Gasteiger partial charge < -0.3 is 5.32 Å². The van der Waals surface area contributed by atoms with E-state index >= 15 is 0 Å². The van der Waals surface area contributed by atoms with Crippen LogP contribution >= 0.6 is 0 Å². The average Bonchev–Trinajstić information content (AvgIpc) is 2.89. The molecule has 8 heteroatoms. The number of amides is 4. The maximum Gasteiger partial charge on any atom is 0.262 e. The molecule has 0 aliphatic carbocycles. The summed E-state index contributed by atoms with van der Waals surface area (Å²) >= 11 is 0. The molecule has 29 heavy (non-hydrogen) atoms. The molecule has 0 bridgehead atoms. The summed E-state index contributed by atoms with van der Waals surface area (Å²) < 4.78 is 0. The first-order valence-corrected chi connectivity index (χ1v) is 9.48. The van der Waals surface area contributed by atoms with Crippen molar-refractivity contribution in [3.8, 4) is 12.3 Å². The molecular weight excluding hydrogens is 372 g/mol. The van der Waals surface area contributed by atoms with E-state index in [2.05, 4.69) is 28.0 Å². The van der Waals surface area contributed by atoms with Crippen molar-refractivity contribution in [2.75, 3.05) is 33.2 Å². The van der Waals surface area contributed by atoms with Crippen LogP contribution in [0.15, 0.2) is 36.0 Å². The predicted molar refractivity (Wildman–Crippen MR) is 108 cm³/mol. The number of hydrogen-bond acceptors (Lipinski definition) is 6. The molecule has 4 amide bonds. The second-order valence-corrected chi connectivity index (χ2v) is 6.81. The van der Waals surface area contributed by atoms with Gasteiger partial charge in [0.15, 0.2) is 0 Å².